The lowest BCUT2D eigenvalue weighted by molar-refractivity contribution is -0.385. The lowest BCUT2D eigenvalue weighted by Crippen LogP contribution is -2.03. The van der Waals surface area contributed by atoms with E-state index in [0.717, 1.165) is 18.2 Å². The topological polar surface area (TPSA) is 80.4 Å². The molecule has 0 spiro atoms. The van der Waals surface area contributed by atoms with Crippen LogP contribution in [0.25, 0.3) is 11.1 Å². The lowest BCUT2D eigenvalue weighted by Gasteiger charge is -2.07. The van der Waals surface area contributed by atoms with Gasteiger partial charge in [0.25, 0.3) is 5.69 Å². The van der Waals surface area contributed by atoms with E-state index in [1.54, 1.807) is 0 Å². The average Bonchev–Trinajstić information content (AvgIpc) is 2.36. The smallest absolute Gasteiger partial charge is 0.342 e. The number of carboxylic acid groups (broad SMARTS) is 1. The Balaban J connectivity index is 2.69. The van der Waals surface area contributed by atoms with Crippen molar-refractivity contribution in [2.75, 3.05) is 0 Å². The van der Waals surface area contributed by atoms with Crippen LogP contribution in [-0.4, -0.2) is 16.0 Å². The van der Waals surface area contributed by atoms with Gasteiger partial charge in [-0.1, -0.05) is 6.07 Å². The predicted octanol–water partition coefficient (Wildman–Crippen LogP) is 3.38. The minimum Gasteiger partial charge on any atom is -0.477 e. The van der Waals surface area contributed by atoms with E-state index in [4.69, 9.17) is 5.11 Å². The number of benzene rings is 2. The fraction of sp³-hybridized carbons (Fsp3) is 0. The van der Waals surface area contributed by atoms with Crippen molar-refractivity contribution in [3.63, 3.8) is 0 Å². The molecule has 0 aromatic heterocycles. The summed E-state index contributed by atoms with van der Waals surface area (Å²) < 4.78 is 40.1. The molecule has 2 rings (SSSR count). The molecule has 0 unspecified atom stereocenters. The van der Waals surface area contributed by atoms with Gasteiger partial charge < -0.3 is 5.11 Å². The summed E-state index contributed by atoms with van der Waals surface area (Å²) in [6, 6.07) is 3.45. The maximum atomic E-state index is 13.6. The summed E-state index contributed by atoms with van der Waals surface area (Å²) in [5, 5.41) is 19.6. The highest BCUT2D eigenvalue weighted by Gasteiger charge is 2.22. The van der Waals surface area contributed by atoms with Crippen LogP contribution in [0.4, 0.5) is 18.9 Å². The van der Waals surface area contributed by atoms with Crippen LogP contribution >= 0.6 is 0 Å². The number of halogens is 3. The Hall–Kier alpha value is -2.90. The van der Waals surface area contributed by atoms with E-state index in [2.05, 4.69) is 0 Å². The Morgan fingerprint density at radius 3 is 2.14 bits per heavy atom. The number of carbonyl (C=O) groups is 1. The molecule has 0 heterocycles. The number of nitro groups is 1. The van der Waals surface area contributed by atoms with E-state index < -0.39 is 45.2 Å². The summed E-state index contributed by atoms with van der Waals surface area (Å²) in [4.78, 5) is 20.7. The molecular formula is C13H6F3NO4. The van der Waals surface area contributed by atoms with Crippen molar-refractivity contribution in [2.24, 2.45) is 0 Å². The van der Waals surface area contributed by atoms with Gasteiger partial charge in [0.05, 0.1) is 10.5 Å². The molecule has 0 fully saturated rings. The van der Waals surface area contributed by atoms with Gasteiger partial charge in [-0.15, -0.1) is 0 Å². The highest BCUT2D eigenvalue weighted by molar-refractivity contribution is 5.93. The summed E-state index contributed by atoms with van der Waals surface area (Å²) >= 11 is 0. The third-order valence-electron chi connectivity index (χ3n) is 2.72. The minimum atomic E-state index is -1.55. The maximum Gasteiger partial charge on any atom is 0.342 e. The summed E-state index contributed by atoms with van der Waals surface area (Å²) in [5.41, 5.74) is -2.37. The standard InChI is InChI=1S/C13H6F3NO4/c14-7-4-9(15)12(10(16)5-7)6-1-2-8(13(18)19)11(3-6)17(20)21/h1-5H,(H,18,19). The fourth-order valence-electron chi connectivity index (χ4n) is 1.84. The van der Waals surface area contributed by atoms with Gasteiger partial charge >= 0.3 is 5.97 Å². The van der Waals surface area contributed by atoms with Crippen molar-refractivity contribution in [1.82, 2.24) is 0 Å². The molecule has 0 aliphatic heterocycles. The first-order valence-corrected chi connectivity index (χ1v) is 5.48. The molecule has 0 aliphatic rings. The molecule has 0 saturated carbocycles. The first-order valence-electron chi connectivity index (χ1n) is 5.48. The number of hydrogen-bond acceptors (Lipinski definition) is 3. The fourth-order valence-corrected chi connectivity index (χ4v) is 1.84. The van der Waals surface area contributed by atoms with E-state index in [0.29, 0.717) is 12.1 Å². The van der Waals surface area contributed by atoms with Gasteiger partial charge in [0.2, 0.25) is 0 Å². The molecule has 0 bridgehead atoms. The Labute approximate surface area is 115 Å². The summed E-state index contributed by atoms with van der Waals surface area (Å²) in [6.45, 7) is 0. The maximum absolute atomic E-state index is 13.6. The molecule has 5 nitrogen and oxygen atoms in total. The van der Waals surface area contributed by atoms with Gasteiger partial charge in [-0.2, -0.15) is 0 Å². The quantitative estimate of drug-likeness (QED) is 0.695. The summed E-state index contributed by atoms with van der Waals surface area (Å²) in [7, 11) is 0. The van der Waals surface area contributed by atoms with Gasteiger partial charge in [0, 0.05) is 18.2 Å². The van der Waals surface area contributed by atoms with Crippen molar-refractivity contribution in [1.29, 1.82) is 0 Å². The third-order valence-corrected chi connectivity index (χ3v) is 2.72. The molecule has 2 aromatic carbocycles. The molecule has 21 heavy (non-hydrogen) atoms. The zero-order chi connectivity index (χ0) is 15.7. The molecule has 0 saturated heterocycles. The van der Waals surface area contributed by atoms with Crippen LogP contribution < -0.4 is 0 Å². The third kappa shape index (κ3) is 2.69. The van der Waals surface area contributed by atoms with Gasteiger partial charge in [-0.25, -0.2) is 18.0 Å². The number of nitro benzene ring substituents is 1. The Morgan fingerprint density at radius 2 is 1.67 bits per heavy atom. The molecule has 0 amide bonds. The van der Waals surface area contributed by atoms with Gasteiger partial charge in [-0.05, 0) is 11.6 Å². The Morgan fingerprint density at radius 1 is 1.10 bits per heavy atom. The SMILES string of the molecule is O=C(O)c1ccc(-c2c(F)cc(F)cc2F)cc1[N+](=O)[O-]. The van der Waals surface area contributed by atoms with E-state index in [1.807, 2.05) is 0 Å². The monoisotopic (exact) mass is 297 g/mol. The van der Waals surface area contributed by atoms with Crippen molar-refractivity contribution < 1.29 is 28.0 Å². The van der Waals surface area contributed by atoms with Gasteiger partial charge in [0.1, 0.15) is 23.0 Å². The molecule has 108 valence electrons. The minimum absolute atomic E-state index is 0.262. The zero-order valence-electron chi connectivity index (χ0n) is 10.1. The highest BCUT2D eigenvalue weighted by atomic mass is 19.1. The molecule has 2 aromatic rings. The van der Waals surface area contributed by atoms with E-state index >= 15 is 0 Å². The van der Waals surface area contributed by atoms with Crippen LogP contribution in [-0.2, 0) is 0 Å². The summed E-state index contributed by atoms with van der Waals surface area (Å²) in [5.74, 6) is -5.17. The molecule has 1 N–H and O–H groups in total. The number of nitrogens with zero attached hydrogens (tertiary/aromatic N) is 1. The van der Waals surface area contributed by atoms with E-state index in [1.165, 1.54) is 0 Å². The highest BCUT2D eigenvalue weighted by Crippen LogP contribution is 2.31. The van der Waals surface area contributed by atoms with Crippen molar-refractivity contribution in [2.45, 2.75) is 0 Å². The first kappa shape index (κ1) is 14.5. The van der Waals surface area contributed by atoms with Crippen molar-refractivity contribution >= 4 is 11.7 Å². The molecule has 0 radical (unpaired) electrons. The van der Waals surface area contributed by atoms with Gasteiger partial charge in [0.15, 0.2) is 0 Å². The average molecular weight is 297 g/mol. The van der Waals surface area contributed by atoms with Crippen LogP contribution in [0.15, 0.2) is 30.3 Å². The largest absolute Gasteiger partial charge is 0.477 e. The predicted molar refractivity (Wildman–Crippen MR) is 65.4 cm³/mol. The van der Waals surface area contributed by atoms with Crippen LogP contribution in [0.3, 0.4) is 0 Å². The normalized spacial score (nSPS) is 10.4. The van der Waals surface area contributed by atoms with Crippen LogP contribution in [0.5, 0.6) is 0 Å². The summed E-state index contributed by atoms with van der Waals surface area (Å²) in [6.07, 6.45) is 0. The Kier molecular flexibility index (Phi) is 3.62. The molecule has 0 atom stereocenters. The van der Waals surface area contributed by atoms with Gasteiger partial charge in [-0.3, -0.25) is 10.1 Å². The van der Waals surface area contributed by atoms with Crippen molar-refractivity contribution in [3.05, 3.63) is 63.5 Å². The van der Waals surface area contributed by atoms with Crippen LogP contribution in [0, 0.1) is 27.6 Å². The van der Waals surface area contributed by atoms with E-state index in [-0.39, 0.29) is 5.56 Å². The first-order chi connectivity index (χ1) is 9.81. The second-order valence-electron chi connectivity index (χ2n) is 4.04. The Bertz CT molecular complexity index is 738. The second-order valence-corrected chi connectivity index (χ2v) is 4.04. The van der Waals surface area contributed by atoms with Crippen molar-refractivity contribution in [3.8, 4) is 11.1 Å². The van der Waals surface area contributed by atoms with E-state index in [9.17, 15) is 28.1 Å². The lowest BCUT2D eigenvalue weighted by atomic mass is 10.0. The number of hydrogen-bond donors (Lipinski definition) is 1. The van der Waals surface area contributed by atoms with Crippen LogP contribution in [0.1, 0.15) is 10.4 Å². The zero-order valence-corrected chi connectivity index (χ0v) is 10.1. The van der Waals surface area contributed by atoms with Crippen LogP contribution in [0.2, 0.25) is 0 Å². The molecule has 0 aliphatic carbocycles. The number of rotatable bonds is 3. The molecular weight excluding hydrogens is 291 g/mol. The number of aromatic carboxylic acids is 1. The number of carboxylic acids is 1. The second kappa shape index (κ2) is 5.23. The molecule has 8 heteroatoms.